The molecule has 1 unspecified atom stereocenters. The van der Waals surface area contributed by atoms with Crippen molar-refractivity contribution in [3.05, 3.63) is 46.3 Å². The molecule has 2 rings (SSSR count). The molecule has 0 saturated carbocycles. The van der Waals surface area contributed by atoms with Crippen LogP contribution in [-0.2, 0) is 6.42 Å². The van der Waals surface area contributed by atoms with Gasteiger partial charge in [0, 0.05) is 23.6 Å². The number of pyridine rings is 1. The summed E-state index contributed by atoms with van der Waals surface area (Å²) in [6, 6.07) is 7.60. The molecule has 2 aromatic rings. The van der Waals surface area contributed by atoms with Gasteiger partial charge in [-0.05, 0) is 23.1 Å². The van der Waals surface area contributed by atoms with Crippen LogP contribution in [0.3, 0.4) is 0 Å². The van der Waals surface area contributed by atoms with Gasteiger partial charge in [-0.3, -0.25) is 0 Å². The number of ether oxygens (including phenoxy) is 1. The maximum atomic E-state index is 9.98. The summed E-state index contributed by atoms with van der Waals surface area (Å²) >= 11 is 1.65. The standard InChI is InChI=1S/C12H13NO2S/c1-15-12-5-4-9(8-13-12)11(14)7-10-3-2-6-16-10/h2-6,8,11,14H,7H2,1H3. The zero-order valence-electron chi connectivity index (χ0n) is 8.96. The lowest BCUT2D eigenvalue weighted by Crippen LogP contribution is -2.01. The van der Waals surface area contributed by atoms with Gasteiger partial charge in [-0.15, -0.1) is 11.3 Å². The van der Waals surface area contributed by atoms with Crippen molar-refractivity contribution >= 4 is 11.3 Å². The molecule has 0 radical (unpaired) electrons. The maximum Gasteiger partial charge on any atom is 0.212 e. The van der Waals surface area contributed by atoms with Gasteiger partial charge in [0.25, 0.3) is 0 Å². The van der Waals surface area contributed by atoms with Gasteiger partial charge < -0.3 is 9.84 Å². The van der Waals surface area contributed by atoms with Gasteiger partial charge in [-0.2, -0.15) is 0 Å². The lowest BCUT2D eigenvalue weighted by molar-refractivity contribution is 0.179. The second-order valence-corrected chi connectivity index (χ2v) is 4.47. The predicted molar refractivity (Wildman–Crippen MR) is 63.8 cm³/mol. The van der Waals surface area contributed by atoms with E-state index in [-0.39, 0.29) is 0 Å². The molecule has 0 spiro atoms. The molecular formula is C12H13NO2S. The molecule has 2 heterocycles. The molecular weight excluding hydrogens is 222 g/mol. The van der Waals surface area contributed by atoms with Gasteiger partial charge in [0.2, 0.25) is 5.88 Å². The molecule has 4 heteroatoms. The smallest absolute Gasteiger partial charge is 0.212 e. The van der Waals surface area contributed by atoms with Crippen LogP contribution in [0, 0.1) is 0 Å². The van der Waals surface area contributed by atoms with E-state index in [0.29, 0.717) is 12.3 Å². The van der Waals surface area contributed by atoms with Crippen molar-refractivity contribution in [3.63, 3.8) is 0 Å². The van der Waals surface area contributed by atoms with Crippen molar-refractivity contribution in [3.8, 4) is 5.88 Å². The number of aromatic nitrogens is 1. The molecule has 0 aromatic carbocycles. The van der Waals surface area contributed by atoms with E-state index in [4.69, 9.17) is 4.74 Å². The van der Waals surface area contributed by atoms with Crippen LogP contribution in [0.4, 0.5) is 0 Å². The molecule has 0 bridgehead atoms. The highest BCUT2D eigenvalue weighted by molar-refractivity contribution is 7.09. The van der Waals surface area contributed by atoms with Crippen molar-refractivity contribution < 1.29 is 9.84 Å². The van der Waals surface area contributed by atoms with Gasteiger partial charge in [0.05, 0.1) is 13.2 Å². The number of thiophene rings is 1. The van der Waals surface area contributed by atoms with E-state index in [1.165, 1.54) is 4.88 Å². The Morgan fingerprint density at radius 2 is 2.31 bits per heavy atom. The van der Waals surface area contributed by atoms with Crippen LogP contribution in [-0.4, -0.2) is 17.2 Å². The summed E-state index contributed by atoms with van der Waals surface area (Å²) in [5, 5.41) is 12.0. The Labute approximate surface area is 98.4 Å². The fourth-order valence-corrected chi connectivity index (χ4v) is 2.19. The van der Waals surface area contributed by atoms with Crippen molar-refractivity contribution in [2.75, 3.05) is 7.11 Å². The molecule has 0 saturated heterocycles. The van der Waals surface area contributed by atoms with E-state index in [9.17, 15) is 5.11 Å². The number of rotatable bonds is 4. The Balaban J connectivity index is 2.05. The van der Waals surface area contributed by atoms with E-state index in [1.807, 2.05) is 23.6 Å². The number of nitrogens with zero attached hydrogens (tertiary/aromatic N) is 1. The van der Waals surface area contributed by atoms with Crippen molar-refractivity contribution in [1.82, 2.24) is 4.98 Å². The van der Waals surface area contributed by atoms with Crippen LogP contribution in [0.2, 0.25) is 0 Å². The zero-order chi connectivity index (χ0) is 11.4. The number of hydrogen-bond acceptors (Lipinski definition) is 4. The third kappa shape index (κ3) is 2.59. The third-order valence-electron chi connectivity index (χ3n) is 2.33. The predicted octanol–water partition coefficient (Wildman–Crippen LogP) is 2.43. The molecule has 0 aliphatic heterocycles. The summed E-state index contributed by atoms with van der Waals surface area (Å²) in [6.45, 7) is 0. The quantitative estimate of drug-likeness (QED) is 0.885. The highest BCUT2D eigenvalue weighted by Crippen LogP contribution is 2.21. The number of hydrogen-bond donors (Lipinski definition) is 1. The molecule has 0 amide bonds. The summed E-state index contributed by atoms with van der Waals surface area (Å²) in [4.78, 5) is 5.24. The Kier molecular flexibility index (Phi) is 3.54. The van der Waals surface area contributed by atoms with E-state index >= 15 is 0 Å². The van der Waals surface area contributed by atoms with Crippen LogP contribution < -0.4 is 4.74 Å². The van der Waals surface area contributed by atoms with E-state index in [0.717, 1.165) is 5.56 Å². The van der Waals surface area contributed by atoms with Crippen molar-refractivity contribution in [2.24, 2.45) is 0 Å². The van der Waals surface area contributed by atoms with Gasteiger partial charge in [0.15, 0.2) is 0 Å². The molecule has 1 atom stereocenters. The molecule has 0 aliphatic carbocycles. The lowest BCUT2D eigenvalue weighted by Gasteiger charge is -2.09. The first-order valence-corrected chi connectivity index (χ1v) is 5.88. The fraction of sp³-hybridized carbons (Fsp3) is 0.250. The van der Waals surface area contributed by atoms with Gasteiger partial charge in [-0.1, -0.05) is 6.07 Å². The molecule has 0 aliphatic rings. The number of aliphatic hydroxyl groups is 1. The minimum Gasteiger partial charge on any atom is -0.481 e. The van der Waals surface area contributed by atoms with Crippen LogP contribution in [0.5, 0.6) is 5.88 Å². The summed E-state index contributed by atoms with van der Waals surface area (Å²) in [5.74, 6) is 0.562. The maximum absolute atomic E-state index is 9.98. The van der Waals surface area contributed by atoms with E-state index in [2.05, 4.69) is 4.98 Å². The molecule has 1 N–H and O–H groups in total. The van der Waals surface area contributed by atoms with Crippen LogP contribution in [0.15, 0.2) is 35.8 Å². The monoisotopic (exact) mass is 235 g/mol. The Morgan fingerprint density at radius 3 is 2.88 bits per heavy atom. The average molecular weight is 235 g/mol. The van der Waals surface area contributed by atoms with Crippen molar-refractivity contribution in [2.45, 2.75) is 12.5 Å². The Hall–Kier alpha value is -1.39. The van der Waals surface area contributed by atoms with E-state index in [1.54, 1.807) is 30.7 Å². The number of methoxy groups -OCH3 is 1. The average Bonchev–Trinajstić information content (AvgIpc) is 2.82. The summed E-state index contributed by atoms with van der Waals surface area (Å²) < 4.78 is 4.96. The van der Waals surface area contributed by atoms with Crippen LogP contribution in [0.25, 0.3) is 0 Å². The molecule has 16 heavy (non-hydrogen) atoms. The second-order valence-electron chi connectivity index (χ2n) is 3.43. The summed E-state index contributed by atoms with van der Waals surface area (Å²) in [7, 11) is 1.57. The first kappa shape index (κ1) is 11.1. The normalized spacial score (nSPS) is 12.4. The van der Waals surface area contributed by atoms with E-state index < -0.39 is 6.10 Å². The molecule has 84 valence electrons. The minimum atomic E-state index is -0.503. The topological polar surface area (TPSA) is 42.4 Å². The summed E-state index contributed by atoms with van der Waals surface area (Å²) in [6.07, 6.45) is 1.78. The highest BCUT2D eigenvalue weighted by Gasteiger charge is 2.09. The van der Waals surface area contributed by atoms with Crippen LogP contribution >= 0.6 is 11.3 Å². The third-order valence-corrected chi connectivity index (χ3v) is 3.23. The van der Waals surface area contributed by atoms with Crippen LogP contribution in [0.1, 0.15) is 16.5 Å². The number of aliphatic hydroxyl groups excluding tert-OH is 1. The SMILES string of the molecule is COc1ccc(C(O)Cc2cccs2)cn1. The largest absolute Gasteiger partial charge is 0.481 e. The van der Waals surface area contributed by atoms with Gasteiger partial charge in [0.1, 0.15) is 0 Å². The summed E-state index contributed by atoms with van der Waals surface area (Å²) in [5.41, 5.74) is 0.814. The Morgan fingerprint density at radius 1 is 1.44 bits per heavy atom. The lowest BCUT2D eigenvalue weighted by atomic mass is 10.1. The molecule has 0 fully saturated rings. The fourth-order valence-electron chi connectivity index (χ4n) is 1.45. The molecule has 3 nitrogen and oxygen atoms in total. The second kappa shape index (κ2) is 5.09. The van der Waals surface area contributed by atoms with Crippen molar-refractivity contribution in [1.29, 1.82) is 0 Å². The Bertz CT molecular complexity index is 425. The first-order chi connectivity index (χ1) is 7.79. The molecule has 2 aromatic heterocycles. The highest BCUT2D eigenvalue weighted by atomic mass is 32.1. The zero-order valence-corrected chi connectivity index (χ0v) is 9.78. The minimum absolute atomic E-state index is 0.503. The first-order valence-electron chi connectivity index (χ1n) is 5.00. The van der Waals surface area contributed by atoms with Gasteiger partial charge >= 0.3 is 0 Å². The van der Waals surface area contributed by atoms with Gasteiger partial charge in [-0.25, -0.2) is 4.98 Å².